The van der Waals surface area contributed by atoms with Crippen LogP contribution in [0.4, 0.5) is 5.69 Å². The van der Waals surface area contributed by atoms with Gasteiger partial charge in [0.05, 0.1) is 30.6 Å². The van der Waals surface area contributed by atoms with Gasteiger partial charge in [-0.15, -0.1) is 0 Å². The van der Waals surface area contributed by atoms with Crippen molar-refractivity contribution in [3.63, 3.8) is 0 Å². The quantitative estimate of drug-likeness (QED) is 0.451. The number of carbonyl (C=O) groups excluding carboxylic acids is 2. The molecular weight excluding hydrogens is 394 g/mol. The van der Waals surface area contributed by atoms with Crippen molar-refractivity contribution in [1.82, 2.24) is 5.43 Å². The minimum atomic E-state index is -0.380. The molecule has 2 aromatic rings. The maximum Gasteiger partial charge on any atom is 0.240 e. The lowest BCUT2D eigenvalue weighted by Crippen LogP contribution is -2.20. The number of para-hydroxylation sites is 2. The molecule has 8 heteroatoms. The van der Waals surface area contributed by atoms with E-state index in [-0.39, 0.29) is 24.7 Å². The first-order valence-corrected chi connectivity index (χ1v) is 9.59. The summed E-state index contributed by atoms with van der Waals surface area (Å²) in [5, 5.41) is 7.06. The van der Waals surface area contributed by atoms with Gasteiger partial charge in [-0.1, -0.05) is 36.7 Å². The summed E-state index contributed by atoms with van der Waals surface area (Å²) in [6.07, 6.45) is 2.33. The van der Waals surface area contributed by atoms with Gasteiger partial charge in [0, 0.05) is 18.4 Å². The molecule has 2 rings (SSSR count). The summed E-state index contributed by atoms with van der Waals surface area (Å²) in [4.78, 5) is 23.9. The molecule has 154 valence electrons. The lowest BCUT2D eigenvalue weighted by atomic mass is 10.2. The van der Waals surface area contributed by atoms with Gasteiger partial charge in [-0.3, -0.25) is 9.59 Å². The van der Waals surface area contributed by atoms with Gasteiger partial charge in [0.25, 0.3) is 0 Å². The third kappa shape index (κ3) is 7.12. The summed E-state index contributed by atoms with van der Waals surface area (Å²) in [5.74, 6) is 0.466. The number of nitrogens with zero attached hydrogens (tertiary/aromatic N) is 1. The SMILES string of the molecule is CCCOc1c(C=NNC(=O)CCC(=O)Nc2ccccc2Cl)cccc1OC. The number of hydrogen-bond donors (Lipinski definition) is 2. The van der Waals surface area contributed by atoms with E-state index >= 15 is 0 Å². The highest BCUT2D eigenvalue weighted by Gasteiger charge is 2.10. The van der Waals surface area contributed by atoms with E-state index in [1.54, 1.807) is 49.6 Å². The molecule has 0 aromatic heterocycles. The predicted molar refractivity (Wildman–Crippen MR) is 114 cm³/mol. The number of benzene rings is 2. The van der Waals surface area contributed by atoms with E-state index in [1.165, 1.54) is 6.21 Å². The number of carbonyl (C=O) groups is 2. The van der Waals surface area contributed by atoms with Gasteiger partial charge >= 0.3 is 0 Å². The summed E-state index contributed by atoms with van der Waals surface area (Å²) in [5.41, 5.74) is 3.60. The fraction of sp³-hybridized carbons (Fsp3) is 0.286. The number of methoxy groups -OCH3 is 1. The molecule has 2 amide bonds. The van der Waals surface area contributed by atoms with Crippen LogP contribution in [0.1, 0.15) is 31.7 Å². The Hall–Kier alpha value is -3.06. The Labute approximate surface area is 175 Å². The van der Waals surface area contributed by atoms with Crippen LogP contribution in [0.2, 0.25) is 5.02 Å². The minimum Gasteiger partial charge on any atom is -0.493 e. The molecule has 29 heavy (non-hydrogen) atoms. The van der Waals surface area contributed by atoms with Crippen molar-refractivity contribution < 1.29 is 19.1 Å². The molecular formula is C21H24ClN3O4. The first kappa shape index (κ1) is 22.2. The van der Waals surface area contributed by atoms with Crippen LogP contribution < -0.4 is 20.2 Å². The van der Waals surface area contributed by atoms with Crippen LogP contribution in [0.3, 0.4) is 0 Å². The van der Waals surface area contributed by atoms with Crippen LogP contribution in [-0.2, 0) is 9.59 Å². The Morgan fingerprint density at radius 2 is 1.86 bits per heavy atom. The van der Waals surface area contributed by atoms with E-state index in [4.69, 9.17) is 21.1 Å². The van der Waals surface area contributed by atoms with Crippen molar-refractivity contribution in [2.45, 2.75) is 26.2 Å². The zero-order chi connectivity index (χ0) is 21.1. The van der Waals surface area contributed by atoms with Crippen molar-refractivity contribution in [3.8, 4) is 11.5 Å². The zero-order valence-electron chi connectivity index (χ0n) is 16.4. The molecule has 7 nitrogen and oxygen atoms in total. The normalized spacial score (nSPS) is 10.6. The predicted octanol–water partition coefficient (Wildman–Crippen LogP) is 4.01. The molecule has 0 unspecified atom stereocenters. The van der Waals surface area contributed by atoms with Crippen LogP contribution in [0.15, 0.2) is 47.6 Å². The molecule has 0 aliphatic rings. The summed E-state index contributed by atoms with van der Waals surface area (Å²) in [6.45, 7) is 2.54. The van der Waals surface area contributed by atoms with E-state index in [0.717, 1.165) is 6.42 Å². The fourth-order valence-corrected chi connectivity index (χ4v) is 2.57. The van der Waals surface area contributed by atoms with Crippen molar-refractivity contribution in [2.24, 2.45) is 5.10 Å². The first-order valence-electron chi connectivity index (χ1n) is 9.21. The van der Waals surface area contributed by atoms with E-state index in [1.807, 2.05) is 6.92 Å². The number of ether oxygens (including phenoxy) is 2. The average Bonchev–Trinajstić information content (AvgIpc) is 2.72. The molecule has 0 saturated heterocycles. The van der Waals surface area contributed by atoms with Crippen LogP contribution >= 0.6 is 11.6 Å². The molecule has 0 fully saturated rings. The van der Waals surface area contributed by atoms with E-state index < -0.39 is 0 Å². The highest BCUT2D eigenvalue weighted by atomic mass is 35.5. The summed E-state index contributed by atoms with van der Waals surface area (Å²) in [7, 11) is 1.56. The highest BCUT2D eigenvalue weighted by Crippen LogP contribution is 2.30. The maximum atomic E-state index is 12.0. The number of nitrogens with one attached hydrogen (secondary N) is 2. The van der Waals surface area contributed by atoms with Crippen LogP contribution in [-0.4, -0.2) is 31.7 Å². The number of anilines is 1. The Kier molecular flexibility index (Phi) is 8.98. The standard InChI is InChI=1S/C21H24ClN3O4/c1-3-13-29-21-15(7-6-10-18(21)28-2)14-23-25-20(27)12-11-19(26)24-17-9-5-4-8-16(17)22/h4-10,14H,3,11-13H2,1-2H3,(H,24,26)(H,25,27). The zero-order valence-corrected chi connectivity index (χ0v) is 17.2. The second-order valence-electron chi connectivity index (χ2n) is 6.05. The van der Waals surface area contributed by atoms with Gasteiger partial charge in [0.2, 0.25) is 11.8 Å². The maximum absolute atomic E-state index is 12.0. The van der Waals surface area contributed by atoms with Gasteiger partial charge in [-0.2, -0.15) is 5.10 Å². The summed E-state index contributed by atoms with van der Waals surface area (Å²) in [6, 6.07) is 12.3. The molecule has 0 aliphatic heterocycles. The van der Waals surface area contributed by atoms with Crippen LogP contribution in [0, 0.1) is 0 Å². The van der Waals surface area contributed by atoms with E-state index in [9.17, 15) is 9.59 Å². The Bertz CT molecular complexity index is 871. The minimum absolute atomic E-state index is 0.00900. The smallest absolute Gasteiger partial charge is 0.240 e. The number of amides is 2. The summed E-state index contributed by atoms with van der Waals surface area (Å²) >= 11 is 5.99. The van der Waals surface area contributed by atoms with Gasteiger partial charge in [0.15, 0.2) is 11.5 Å². The Morgan fingerprint density at radius 1 is 1.10 bits per heavy atom. The molecule has 0 bridgehead atoms. The van der Waals surface area contributed by atoms with Crippen molar-refractivity contribution in [1.29, 1.82) is 0 Å². The van der Waals surface area contributed by atoms with Gasteiger partial charge < -0.3 is 14.8 Å². The number of hydrazone groups is 1. The second-order valence-corrected chi connectivity index (χ2v) is 6.46. The van der Waals surface area contributed by atoms with Gasteiger partial charge in [-0.25, -0.2) is 5.43 Å². The molecule has 0 saturated carbocycles. The van der Waals surface area contributed by atoms with Crippen molar-refractivity contribution in [2.75, 3.05) is 19.0 Å². The van der Waals surface area contributed by atoms with Crippen molar-refractivity contribution in [3.05, 3.63) is 53.1 Å². The Morgan fingerprint density at radius 3 is 2.59 bits per heavy atom. The largest absolute Gasteiger partial charge is 0.493 e. The van der Waals surface area contributed by atoms with Crippen molar-refractivity contribution >= 4 is 35.3 Å². The molecule has 2 N–H and O–H groups in total. The van der Waals surface area contributed by atoms with Gasteiger partial charge in [-0.05, 0) is 30.7 Å². The molecule has 0 atom stereocenters. The van der Waals surface area contributed by atoms with E-state index in [2.05, 4.69) is 15.8 Å². The monoisotopic (exact) mass is 417 g/mol. The topological polar surface area (TPSA) is 89.0 Å². The summed E-state index contributed by atoms with van der Waals surface area (Å²) < 4.78 is 11.0. The highest BCUT2D eigenvalue weighted by molar-refractivity contribution is 6.33. The molecule has 0 spiro atoms. The third-order valence-corrected chi connectivity index (χ3v) is 4.13. The van der Waals surface area contributed by atoms with Crippen LogP contribution in [0.25, 0.3) is 0 Å². The van der Waals surface area contributed by atoms with Gasteiger partial charge in [0.1, 0.15) is 0 Å². The lowest BCUT2D eigenvalue weighted by Gasteiger charge is -2.12. The molecule has 0 radical (unpaired) electrons. The third-order valence-electron chi connectivity index (χ3n) is 3.80. The lowest BCUT2D eigenvalue weighted by molar-refractivity contribution is -0.124. The molecule has 0 heterocycles. The fourth-order valence-electron chi connectivity index (χ4n) is 2.39. The number of halogens is 1. The number of rotatable bonds is 10. The Balaban J connectivity index is 1.86. The molecule has 0 aliphatic carbocycles. The second kappa shape index (κ2) is 11.7. The first-order chi connectivity index (χ1) is 14.0. The molecule has 2 aromatic carbocycles. The van der Waals surface area contributed by atoms with Crippen LogP contribution in [0.5, 0.6) is 11.5 Å². The number of hydrogen-bond acceptors (Lipinski definition) is 5. The van der Waals surface area contributed by atoms with E-state index in [0.29, 0.717) is 34.4 Å². The average molecular weight is 418 g/mol.